The Balaban J connectivity index is 1.70. The fourth-order valence-electron chi connectivity index (χ4n) is 4.48. The molecule has 1 saturated heterocycles. The standard InChI is InChI=1S/C27H40NO2/c1-20(2)15-23-13-10-14-26(25(23)16-21(3)4)30-24-17-27(29-19-24)28(5,6)18-22-11-8-7-9-12-22/h7-14,20-21,24,27H,15-19H2,1-6H3/q+1. The predicted molar refractivity (Wildman–Crippen MR) is 125 cm³/mol. The molecule has 0 N–H and O–H groups in total. The van der Waals surface area contributed by atoms with Crippen LogP contribution in [0.3, 0.4) is 0 Å². The van der Waals surface area contributed by atoms with Crippen molar-refractivity contribution in [2.24, 2.45) is 11.8 Å². The molecule has 3 nitrogen and oxygen atoms in total. The normalized spacial score (nSPS) is 19.6. The molecule has 2 aromatic carbocycles. The molecule has 0 saturated carbocycles. The van der Waals surface area contributed by atoms with Gasteiger partial charge in [0.05, 0.1) is 27.1 Å². The second kappa shape index (κ2) is 9.98. The van der Waals surface area contributed by atoms with Crippen molar-refractivity contribution >= 4 is 0 Å². The van der Waals surface area contributed by atoms with Crippen LogP contribution >= 0.6 is 0 Å². The molecule has 0 spiro atoms. The molecular weight excluding hydrogens is 370 g/mol. The first kappa shape index (κ1) is 22.8. The van der Waals surface area contributed by atoms with Gasteiger partial charge in [0.1, 0.15) is 18.4 Å². The molecule has 1 heterocycles. The maximum absolute atomic E-state index is 6.57. The zero-order valence-corrected chi connectivity index (χ0v) is 19.7. The lowest BCUT2D eigenvalue weighted by Crippen LogP contribution is -2.48. The number of hydrogen-bond donors (Lipinski definition) is 0. The van der Waals surface area contributed by atoms with Crippen LogP contribution in [0.15, 0.2) is 48.5 Å². The summed E-state index contributed by atoms with van der Waals surface area (Å²) in [6, 6.07) is 17.3. The molecule has 0 radical (unpaired) electrons. The largest absolute Gasteiger partial charge is 0.487 e. The van der Waals surface area contributed by atoms with E-state index in [1.54, 1.807) is 0 Å². The van der Waals surface area contributed by atoms with E-state index < -0.39 is 0 Å². The summed E-state index contributed by atoms with van der Waals surface area (Å²) in [7, 11) is 4.51. The quantitative estimate of drug-likeness (QED) is 0.483. The van der Waals surface area contributed by atoms with Gasteiger partial charge in [-0.05, 0) is 41.9 Å². The Morgan fingerprint density at radius 1 is 0.933 bits per heavy atom. The van der Waals surface area contributed by atoms with Gasteiger partial charge in [-0.1, -0.05) is 70.2 Å². The van der Waals surface area contributed by atoms with Crippen LogP contribution in [0, 0.1) is 11.8 Å². The van der Waals surface area contributed by atoms with Gasteiger partial charge in [-0.25, -0.2) is 0 Å². The van der Waals surface area contributed by atoms with Crippen LogP contribution in [0.1, 0.15) is 50.8 Å². The molecule has 3 rings (SSSR count). The molecule has 3 heteroatoms. The average Bonchev–Trinajstić information content (AvgIpc) is 3.14. The molecule has 2 aromatic rings. The summed E-state index contributed by atoms with van der Waals surface area (Å²) in [6.45, 7) is 10.8. The van der Waals surface area contributed by atoms with Gasteiger partial charge in [-0.15, -0.1) is 0 Å². The Bertz CT molecular complexity index is 798. The molecule has 2 unspecified atom stereocenters. The molecule has 1 fully saturated rings. The average molecular weight is 411 g/mol. The van der Waals surface area contributed by atoms with Crippen molar-refractivity contribution in [3.05, 3.63) is 65.2 Å². The zero-order chi connectivity index (χ0) is 21.7. The van der Waals surface area contributed by atoms with E-state index in [2.05, 4.69) is 90.3 Å². The number of ether oxygens (including phenoxy) is 2. The van der Waals surface area contributed by atoms with Gasteiger partial charge < -0.3 is 9.47 Å². The third-order valence-corrected chi connectivity index (χ3v) is 5.92. The van der Waals surface area contributed by atoms with Crippen molar-refractivity contribution in [2.75, 3.05) is 20.7 Å². The fourth-order valence-corrected chi connectivity index (χ4v) is 4.48. The van der Waals surface area contributed by atoms with Crippen LogP contribution in [0.25, 0.3) is 0 Å². The maximum Gasteiger partial charge on any atom is 0.196 e. The fraction of sp³-hybridized carbons (Fsp3) is 0.556. The lowest BCUT2D eigenvalue weighted by atomic mass is 9.92. The number of nitrogens with zero attached hydrogens (tertiary/aromatic N) is 1. The monoisotopic (exact) mass is 410 g/mol. The van der Waals surface area contributed by atoms with Gasteiger partial charge in [-0.2, -0.15) is 0 Å². The van der Waals surface area contributed by atoms with Gasteiger partial charge in [0, 0.05) is 5.56 Å². The van der Waals surface area contributed by atoms with Crippen molar-refractivity contribution in [1.29, 1.82) is 0 Å². The van der Waals surface area contributed by atoms with Crippen molar-refractivity contribution < 1.29 is 14.0 Å². The van der Waals surface area contributed by atoms with E-state index in [1.165, 1.54) is 16.7 Å². The third-order valence-electron chi connectivity index (χ3n) is 5.92. The highest BCUT2D eigenvalue weighted by Crippen LogP contribution is 2.32. The Hall–Kier alpha value is -1.84. The summed E-state index contributed by atoms with van der Waals surface area (Å²) < 4.78 is 13.6. The third kappa shape index (κ3) is 6.09. The minimum absolute atomic E-state index is 0.114. The van der Waals surface area contributed by atoms with E-state index >= 15 is 0 Å². The Kier molecular flexibility index (Phi) is 7.60. The highest BCUT2D eigenvalue weighted by atomic mass is 16.6. The molecule has 2 atom stereocenters. The number of benzene rings is 2. The van der Waals surface area contributed by atoms with E-state index in [9.17, 15) is 0 Å². The molecule has 164 valence electrons. The first-order valence-electron chi connectivity index (χ1n) is 11.5. The van der Waals surface area contributed by atoms with E-state index in [-0.39, 0.29) is 12.3 Å². The summed E-state index contributed by atoms with van der Waals surface area (Å²) in [5.74, 6) is 2.31. The van der Waals surface area contributed by atoms with Crippen LogP contribution in [0.2, 0.25) is 0 Å². The minimum atomic E-state index is 0.114. The number of rotatable bonds is 9. The first-order chi connectivity index (χ1) is 14.2. The van der Waals surface area contributed by atoms with Crippen molar-refractivity contribution in [1.82, 2.24) is 0 Å². The summed E-state index contributed by atoms with van der Waals surface area (Å²) in [4.78, 5) is 0. The highest BCUT2D eigenvalue weighted by Gasteiger charge is 2.38. The summed E-state index contributed by atoms with van der Waals surface area (Å²) in [5, 5.41) is 0. The summed E-state index contributed by atoms with van der Waals surface area (Å²) in [5.41, 5.74) is 4.17. The van der Waals surface area contributed by atoms with Crippen molar-refractivity contribution in [3.8, 4) is 5.75 Å². The molecule has 1 aliphatic heterocycles. The lowest BCUT2D eigenvalue weighted by Gasteiger charge is -2.35. The lowest BCUT2D eigenvalue weighted by molar-refractivity contribution is -0.947. The van der Waals surface area contributed by atoms with E-state index in [0.717, 1.165) is 36.0 Å². The molecule has 0 aliphatic carbocycles. The number of hydrogen-bond acceptors (Lipinski definition) is 2. The van der Waals surface area contributed by atoms with Crippen LogP contribution in [0.5, 0.6) is 5.75 Å². The Morgan fingerprint density at radius 3 is 2.30 bits per heavy atom. The van der Waals surface area contributed by atoms with Gasteiger partial charge in [0.15, 0.2) is 6.23 Å². The van der Waals surface area contributed by atoms with Crippen molar-refractivity contribution in [3.63, 3.8) is 0 Å². The first-order valence-corrected chi connectivity index (χ1v) is 11.5. The van der Waals surface area contributed by atoms with E-state index in [1.807, 2.05) is 0 Å². The SMILES string of the molecule is CC(C)Cc1cccc(OC2COC([N+](C)(C)Cc3ccccc3)C2)c1CC(C)C. The Labute approximate surface area is 183 Å². The zero-order valence-electron chi connectivity index (χ0n) is 19.7. The number of quaternary nitrogens is 1. The van der Waals surface area contributed by atoms with E-state index in [0.29, 0.717) is 18.4 Å². The second-order valence-electron chi connectivity index (χ2n) is 10.3. The van der Waals surface area contributed by atoms with Crippen LogP contribution in [0.4, 0.5) is 0 Å². The summed E-state index contributed by atoms with van der Waals surface area (Å²) in [6.07, 6.45) is 3.36. The van der Waals surface area contributed by atoms with Gasteiger partial charge in [0.2, 0.25) is 0 Å². The maximum atomic E-state index is 6.57. The highest BCUT2D eigenvalue weighted by molar-refractivity contribution is 5.41. The molecule has 30 heavy (non-hydrogen) atoms. The smallest absolute Gasteiger partial charge is 0.196 e. The molecule has 0 aromatic heterocycles. The molecule has 0 amide bonds. The minimum Gasteiger partial charge on any atom is -0.487 e. The van der Waals surface area contributed by atoms with Crippen LogP contribution < -0.4 is 4.74 Å². The summed E-state index contributed by atoms with van der Waals surface area (Å²) >= 11 is 0. The molecule has 0 bridgehead atoms. The van der Waals surface area contributed by atoms with Crippen LogP contribution in [-0.2, 0) is 24.1 Å². The molecular formula is C27H40NO2+. The second-order valence-corrected chi connectivity index (χ2v) is 10.3. The topological polar surface area (TPSA) is 18.5 Å². The van der Waals surface area contributed by atoms with Gasteiger partial charge in [0.25, 0.3) is 0 Å². The predicted octanol–water partition coefficient (Wildman–Crippen LogP) is 5.85. The Morgan fingerprint density at radius 2 is 1.63 bits per heavy atom. The molecule has 1 aliphatic rings. The van der Waals surface area contributed by atoms with Crippen molar-refractivity contribution in [2.45, 2.75) is 65.8 Å². The van der Waals surface area contributed by atoms with Crippen LogP contribution in [-0.4, -0.2) is 37.5 Å². The van der Waals surface area contributed by atoms with E-state index in [4.69, 9.17) is 9.47 Å². The van der Waals surface area contributed by atoms with Gasteiger partial charge >= 0.3 is 0 Å². The van der Waals surface area contributed by atoms with Gasteiger partial charge in [-0.3, -0.25) is 4.48 Å².